The average molecular weight is 273 g/mol. The first-order valence-electron chi connectivity index (χ1n) is 5.76. The molecule has 1 aromatic rings. The van der Waals surface area contributed by atoms with E-state index in [0.29, 0.717) is 5.76 Å². The van der Waals surface area contributed by atoms with E-state index in [-0.39, 0.29) is 17.1 Å². The van der Waals surface area contributed by atoms with Crippen LogP contribution < -0.4 is 0 Å². The summed E-state index contributed by atoms with van der Waals surface area (Å²) in [4.78, 5) is 0. The van der Waals surface area contributed by atoms with Gasteiger partial charge in [0, 0.05) is 23.5 Å². The van der Waals surface area contributed by atoms with Gasteiger partial charge in [-0.2, -0.15) is 0 Å². The summed E-state index contributed by atoms with van der Waals surface area (Å²) in [6, 6.07) is 9.87. The van der Waals surface area contributed by atoms with Crippen molar-refractivity contribution in [1.29, 1.82) is 0 Å². The van der Waals surface area contributed by atoms with Crippen molar-refractivity contribution in [2.45, 2.75) is 32.6 Å². The van der Waals surface area contributed by atoms with Crippen LogP contribution in [0.25, 0.3) is 5.32 Å². The van der Waals surface area contributed by atoms with Gasteiger partial charge in [0.05, 0.1) is 5.76 Å². The molecule has 0 aliphatic heterocycles. The Hall–Kier alpha value is -0.921. The van der Waals surface area contributed by atoms with Gasteiger partial charge >= 0.3 is 0 Å². The predicted molar refractivity (Wildman–Crippen MR) is 69.2 cm³/mol. The van der Waals surface area contributed by atoms with E-state index in [1.807, 2.05) is 37.3 Å². The molecule has 1 N–H and O–H groups in total. The summed E-state index contributed by atoms with van der Waals surface area (Å²) in [7, 11) is 1.79. The second-order valence-electron chi connectivity index (χ2n) is 3.99. The monoisotopic (exact) mass is 273 g/mol. The molecular weight excluding hydrogens is 253 g/mol. The largest absolute Gasteiger partial charge is 0.687 e. The zero-order valence-corrected chi connectivity index (χ0v) is 11.7. The summed E-state index contributed by atoms with van der Waals surface area (Å²) in [5, 5.41) is 13.0. The van der Waals surface area contributed by atoms with Crippen LogP contribution in [0.3, 0.4) is 0 Å². The van der Waals surface area contributed by atoms with E-state index in [1.54, 1.807) is 7.05 Å². The van der Waals surface area contributed by atoms with Gasteiger partial charge in [0.1, 0.15) is 0 Å². The Kier molecular flexibility index (Phi) is 8.65. The number of nitrogens with zero attached hydrogens (tertiary/aromatic N) is 1. The molecule has 0 saturated carbocycles. The molecule has 0 heterocycles. The summed E-state index contributed by atoms with van der Waals surface area (Å²) in [5.41, 5.74) is 2.23. The van der Waals surface area contributed by atoms with Crippen molar-refractivity contribution in [2.24, 2.45) is 0 Å². The van der Waals surface area contributed by atoms with E-state index in [9.17, 15) is 0 Å². The standard InChI is InChI=1S/C7H8N.C7H12O.Mn/c1-8-7-5-3-2-4-6-7;1-6-4-2-3-5-7(6)8;/h2-6H,1H3;8H,2-5H2,1H3;/q-1;;. The summed E-state index contributed by atoms with van der Waals surface area (Å²) < 4.78 is 0. The molecule has 3 heteroatoms. The topological polar surface area (TPSA) is 34.3 Å². The first-order valence-corrected chi connectivity index (χ1v) is 5.76. The second-order valence-corrected chi connectivity index (χ2v) is 3.99. The van der Waals surface area contributed by atoms with Crippen LogP contribution in [-0.4, -0.2) is 12.2 Å². The molecule has 1 aromatic carbocycles. The molecule has 1 aliphatic rings. The minimum atomic E-state index is 0. The van der Waals surface area contributed by atoms with Crippen molar-refractivity contribution in [2.75, 3.05) is 7.05 Å². The van der Waals surface area contributed by atoms with Crippen molar-refractivity contribution >= 4 is 5.69 Å². The molecule has 17 heavy (non-hydrogen) atoms. The third-order valence-corrected chi connectivity index (χ3v) is 2.72. The Balaban J connectivity index is 0.000000284. The maximum absolute atomic E-state index is 9.06. The molecule has 0 spiro atoms. The Morgan fingerprint density at radius 2 is 1.65 bits per heavy atom. The molecule has 0 aromatic heterocycles. The van der Waals surface area contributed by atoms with Gasteiger partial charge in [-0.25, -0.2) is 0 Å². The Morgan fingerprint density at radius 3 is 2.00 bits per heavy atom. The molecule has 2 nitrogen and oxygen atoms in total. The Bertz CT molecular complexity index is 321. The molecule has 1 aliphatic carbocycles. The fraction of sp³-hybridized carbons (Fsp3) is 0.429. The molecule has 0 fully saturated rings. The van der Waals surface area contributed by atoms with Crippen molar-refractivity contribution in [3.8, 4) is 0 Å². The van der Waals surface area contributed by atoms with Crippen molar-refractivity contribution in [3.05, 3.63) is 47.0 Å². The van der Waals surface area contributed by atoms with Gasteiger partial charge in [-0.1, -0.05) is 30.3 Å². The van der Waals surface area contributed by atoms with Crippen molar-refractivity contribution in [1.82, 2.24) is 0 Å². The fourth-order valence-electron chi connectivity index (χ4n) is 1.62. The van der Waals surface area contributed by atoms with Gasteiger partial charge in [0.2, 0.25) is 0 Å². The number of hydrogen-bond acceptors (Lipinski definition) is 1. The summed E-state index contributed by atoms with van der Waals surface area (Å²) in [6.07, 6.45) is 4.44. The van der Waals surface area contributed by atoms with Crippen LogP contribution in [0.5, 0.6) is 0 Å². The van der Waals surface area contributed by atoms with E-state index in [2.05, 4.69) is 5.32 Å². The maximum atomic E-state index is 9.06. The number of hydrogen-bond donors (Lipinski definition) is 1. The number of aliphatic hydroxyl groups excluding tert-OH is 1. The molecule has 1 radical (unpaired) electrons. The minimum absolute atomic E-state index is 0. The van der Waals surface area contributed by atoms with Crippen molar-refractivity contribution < 1.29 is 22.2 Å². The summed E-state index contributed by atoms with van der Waals surface area (Å²) in [6.45, 7) is 2.01. The summed E-state index contributed by atoms with van der Waals surface area (Å²) in [5.74, 6) is 0.635. The molecule has 0 saturated heterocycles. The number of aliphatic hydroxyl groups is 1. The van der Waals surface area contributed by atoms with E-state index in [4.69, 9.17) is 5.11 Å². The third kappa shape index (κ3) is 6.40. The van der Waals surface area contributed by atoms with Crippen LogP contribution in [0, 0.1) is 0 Å². The SMILES string of the molecule is CC1=C(O)CCCC1.C[N-]c1ccccc1.[Mn]. The van der Waals surface area contributed by atoms with Crippen LogP contribution in [0.4, 0.5) is 5.69 Å². The molecule has 0 atom stereocenters. The minimum Gasteiger partial charge on any atom is -0.687 e. The first kappa shape index (κ1) is 16.1. The van der Waals surface area contributed by atoms with Crippen LogP contribution in [0.1, 0.15) is 32.6 Å². The van der Waals surface area contributed by atoms with E-state index in [1.165, 1.54) is 18.4 Å². The van der Waals surface area contributed by atoms with Crippen molar-refractivity contribution in [3.63, 3.8) is 0 Å². The van der Waals surface area contributed by atoms with E-state index >= 15 is 0 Å². The zero-order valence-electron chi connectivity index (χ0n) is 10.5. The molecule has 95 valence electrons. The quantitative estimate of drug-likeness (QED) is 0.739. The number of allylic oxidation sites excluding steroid dienone is 2. The van der Waals surface area contributed by atoms with Crippen LogP contribution >= 0.6 is 0 Å². The number of benzene rings is 1. The first-order chi connectivity index (χ1) is 7.74. The molecular formula is C14H20MnNO-. The molecule has 0 bridgehead atoms. The van der Waals surface area contributed by atoms with Gasteiger partial charge in [-0.3, -0.25) is 0 Å². The zero-order chi connectivity index (χ0) is 11.8. The third-order valence-electron chi connectivity index (χ3n) is 2.72. The van der Waals surface area contributed by atoms with E-state index < -0.39 is 0 Å². The molecule has 0 unspecified atom stereocenters. The maximum Gasteiger partial charge on any atom is 0.0911 e. The Labute approximate surface area is 115 Å². The fourth-order valence-corrected chi connectivity index (χ4v) is 1.62. The predicted octanol–water partition coefficient (Wildman–Crippen LogP) is 4.71. The van der Waals surface area contributed by atoms with Gasteiger partial charge in [-0.05, 0) is 31.8 Å². The normalized spacial score (nSPS) is 14.2. The van der Waals surface area contributed by atoms with Crippen LogP contribution in [-0.2, 0) is 17.1 Å². The second kappa shape index (κ2) is 9.15. The molecule has 0 amide bonds. The van der Waals surface area contributed by atoms with Crippen LogP contribution in [0.15, 0.2) is 41.7 Å². The van der Waals surface area contributed by atoms with Crippen LogP contribution in [0.2, 0.25) is 0 Å². The average Bonchev–Trinajstić information content (AvgIpc) is 2.35. The molecule has 2 rings (SSSR count). The number of rotatable bonds is 1. The van der Waals surface area contributed by atoms with E-state index in [0.717, 1.165) is 18.5 Å². The van der Waals surface area contributed by atoms with Gasteiger partial charge in [-0.15, -0.1) is 12.7 Å². The Morgan fingerprint density at radius 1 is 1.06 bits per heavy atom. The number of para-hydroxylation sites is 1. The van der Waals surface area contributed by atoms with Gasteiger partial charge < -0.3 is 10.4 Å². The summed E-state index contributed by atoms with van der Waals surface area (Å²) >= 11 is 0. The van der Waals surface area contributed by atoms with Gasteiger partial charge in [0.25, 0.3) is 0 Å². The smallest absolute Gasteiger partial charge is 0.0911 e. The van der Waals surface area contributed by atoms with Gasteiger partial charge in [0.15, 0.2) is 0 Å².